The molecule has 0 aliphatic carbocycles. The molecule has 0 saturated carbocycles. The van der Waals surface area contributed by atoms with E-state index < -0.39 is 0 Å². The van der Waals surface area contributed by atoms with Crippen LogP contribution in [0, 0.1) is 0 Å². The summed E-state index contributed by atoms with van der Waals surface area (Å²) >= 11 is 0. The molecular weight excluding hydrogens is 322 g/mol. The van der Waals surface area contributed by atoms with Crippen LogP contribution in [0.4, 0.5) is 5.69 Å². The van der Waals surface area contributed by atoms with E-state index >= 15 is 0 Å². The van der Waals surface area contributed by atoms with Gasteiger partial charge in [-0.1, -0.05) is 6.07 Å². The number of amides is 1. The SMILES string of the molecule is CCOc1ccc(OC)cc1NC(=O)c1cccc(-n2cnnn2)c1. The number of rotatable bonds is 6. The second kappa shape index (κ2) is 7.43. The van der Waals surface area contributed by atoms with Gasteiger partial charge in [0.15, 0.2) is 0 Å². The lowest BCUT2D eigenvalue weighted by atomic mass is 10.1. The normalized spacial score (nSPS) is 10.3. The standard InChI is InChI=1S/C17H17N5O3/c1-3-25-16-8-7-14(24-2)10-15(16)19-17(23)12-5-4-6-13(9-12)22-11-18-20-21-22/h4-11H,3H2,1-2H3,(H,19,23). The zero-order valence-corrected chi connectivity index (χ0v) is 13.8. The van der Waals surface area contributed by atoms with Crippen molar-refractivity contribution in [1.29, 1.82) is 0 Å². The first-order valence-electron chi connectivity index (χ1n) is 7.67. The highest BCUT2D eigenvalue weighted by Crippen LogP contribution is 2.29. The molecule has 1 aromatic heterocycles. The second-order valence-electron chi connectivity index (χ2n) is 5.05. The number of hydrogen-bond acceptors (Lipinski definition) is 6. The minimum atomic E-state index is -0.274. The van der Waals surface area contributed by atoms with Crippen LogP contribution in [0.1, 0.15) is 17.3 Å². The summed E-state index contributed by atoms with van der Waals surface area (Å²) in [5, 5.41) is 13.9. The topological polar surface area (TPSA) is 91.2 Å². The summed E-state index contributed by atoms with van der Waals surface area (Å²) in [4.78, 5) is 12.6. The van der Waals surface area contributed by atoms with Crippen LogP contribution >= 0.6 is 0 Å². The van der Waals surface area contributed by atoms with Crippen molar-refractivity contribution >= 4 is 11.6 Å². The molecule has 0 atom stereocenters. The molecule has 25 heavy (non-hydrogen) atoms. The Balaban J connectivity index is 1.86. The molecule has 8 nitrogen and oxygen atoms in total. The molecule has 0 bridgehead atoms. The third-order valence-electron chi connectivity index (χ3n) is 3.46. The van der Waals surface area contributed by atoms with E-state index in [4.69, 9.17) is 9.47 Å². The molecule has 0 aliphatic rings. The van der Waals surface area contributed by atoms with Crippen molar-refractivity contribution in [2.24, 2.45) is 0 Å². The molecule has 0 fully saturated rings. The summed E-state index contributed by atoms with van der Waals surface area (Å²) < 4.78 is 12.2. The van der Waals surface area contributed by atoms with Gasteiger partial charge < -0.3 is 14.8 Å². The molecule has 2 aromatic carbocycles. The number of anilines is 1. The summed E-state index contributed by atoms with van der Waals surface area (Å²) in [5.74, 6) is 0.929. The maximum absolute atomic E-state index is 12.6. The first kappa shape index (κ1) is 16.4. The number of aromatic nitrogens is 4. The fraction of sp³-hybridized carbons (Fsp3) is 0.176. The van der Waals surface area contributed by atoms with Crippen LogP contribution in [-0.4, -0.2) is 39.8 Å². The fourth-order valence-electron chi connectivity index (χ4n) is 2.28. The number of ether oxygens (including phenoxy) is 2. The van der Waals surface area contributed by atoms with Crippen molar-refractivity contribution in [1.82, 2.24) is 20.2 Å². The summed E-state index contributed by atoms with van der Waals surface area (Å²) in [6, 6.07) is 12.2. The molecule has 1 N–H and O–H groups in total. The molecule has 128 valence electrons. The van der Waals surface area contributed by atoms with Gasteiger partial charge >= 0.3 is 0 Å². The lowest BCUT2D eigenvalue weighted by Gasteiger charge is -2.13. The van der Waals surface area contributed by atoms with Gasteiger partial charge in [-0.15, -0.1) is 5.10 Å². The number of hydrogen-bond donors (Lipinski definition) is 1. The summed E-state index contributed by atoms with van der Waals surface area (Å²) in [6.45, 7) is 2.37. The van der Waals surface area contributed by atoms with Gasteiger partial charge in [0.1, 0.15) is 17.8 Å². The number of benzene rings is 2. The van der Waals surface area contributed by atoms with Crippen LogP contribution in [0.15, 0.2) is 48.8 Å². The highest BCUT2D eigenvalue weighted by Gasteiger charge is 2.12. The third-order valence-corrected chi connectivity index (χ3v) is 3.46. The second-order valence-corrected chi connectivity index (χ2v) is 5.05. The number of carbonyl (C=O) groups excluding carboxylic acids is 1. The first-order chi connectivity index (χ1) is 12.2. The van der Waals surface area contributed by atoms with Crippen LogP contribution in [0.5, 0.6) is 11.5 Å². The molecule has 0 saturated heterocycles. The van der Waals surface area contributed by atoms with Crippen molar-refractivity contribution in [3.63, 3.8) is 0 Å². The van der Waals surface area contributed by atoms with Crippen molar-refractivity contribution in [2.45, 2.75) is 6.92 Å². The minimum Gasteiger partial charge on any atom is -0.497 e. The largest absolute Gasteiger partial charge is 0.497 e. The first-order valence-corrected chi connectivity index (χ1v) is 7.67. The van der Waals surface area contributed by atoms with Gasteiger partial charge in [0.25, 0.3) is 5.91 Å². The van der Waals surface area contributed by atoms with Crippen LogP contribution in [-0.2, 0) is 0 Å². The molecular formula is C17H17N5O3. The molecule has 3 rings (SSSR count). The monoisotopic (exact) mass is 339 g/mol. The van der Waals surface area contributed by atoms with Crippen molar-refractivity contribution < 1.29 is 14.3 Å². The maximum Gasteiger partial charge on any atom is 0.255 e. The predicted molar refractivity (Wildman–Crippen MR) is 91.3 cm³/mol. The van der Waals surface area contributed by atoms with E-state index in [0.717, 1.165) is 0 Å². The lowest BCUT2D eigenvalue weighted by Crippen LogP contribution is -2.13. The van der Waals surface area contributed by atoms with Gasteiger partial charge in [-0.25, -0.2) is 4.68 Å². The van der Waals surface area contributed by atoms with Crippen LogP contribution in [0.2, 0.25) is 0 Å². The van der Waals surface area contributed by atoms with E-state index in [1.54, 1.807) is 43.5 Å². The number of carbonyl (C=O) groups is 1. The van der Waals surface area contributed by atoms with E-state index in [-0.39, 0.29) is 5.91 Å². The number of nitrogens with zero attached hydrogens (tertiary/aromatic N) is 4. The van der Waals surface area contributed by atoms with E-state index in [2.05, 4.69) is 20.8 Å². The van der Waals surface area contributed by atoms with Crippen LogP contribution in [0.3, 0.4) is 0 Å². The maximum atomic E-state index is 12.6. The van der Waals surface area contributed by atoms with Gasteiger partial charge in [0.05, 0.1) is 25.1 Å². The summed E-state index contributed by atoms with van der Waals surface area (Å²) in [5.41, 5.74) is 1.70. The van der Waals surface area contributed by atoms with Gasteiger partial charge in [-0.05, 0) is 47.7 Å². The Morgan fingerprint density at radius 1 is 1.24 bits per heavy atom. The molecule has 0 unspecified atom stereocenters. The Morgan fingerprint density at radius 3 is 2.84 bits per heavy atom. The van der Waals surface area contributed by atoms with E-state index in [1.807, 2.05) is 13.0 Å². The quantitative estimate of drug-likeness (QED) is 0.741. The molecule has 0 aliphatic heterocycles. The molecule has 0 spiro atoms. The Labute approximate surface area is 144 Å². The lowest BCUT2D eigenvalue weighted by molar-refractivity contribution is 0.102. The highest BCUT2D eigenvalue weighted by atomic mass is 16.5. The average Bonchev–Trinajstić information content (AvgIpc) is 3.18. The molecule has 1 heterocycles. The Morgan fingerprint density at radius 2 is 2.12 bits per heavy atom. The summed E-state index contributed by atoms with van der Waals surface area (Å²) in [6.07, 6.45) is 1.46. The van der Waals surface area contributed by atoms with Gasteiger partial charge in [0, 0.05) is 11.6 Å². The molecule has 0 radical (unpaired) electrons. The summed E-state index contributed by atoms with van der Waals surface area (Å²) in [7, 11) is 1.57. The Hall–Kier alpha value is -3.42. The smallest absolute Gasteiger partial charge is 0.255 e. The van der Waals surface area contributed by atoms with Gasteiger partial charge in [-0.3, -0.25) is 4.79 Å². The number of tetrazole rings is 1. The number of methoxy groups -OCH3 is 1. The van der Waals surface area contributed by atoms with Gasteiger partial charge in [-0.2, -0.15) is 0 Å². The molecule has 1 amide bonds. The highest BCUT2D eigenvalue weighted by molar-refractivity contribution is 6.05. The minimum absolute atomic E-state index is 0.274. The number of nitrogens with one attached hydrogen (secondary N) is 1. The van der Waals surface area contributed by atoms with E-state index in [1.165, 1.54) is 11.0 Å². The predicted octanol–water partition coefficient (Wildman–Crippen LogP) is 2.32. The van der Waals surface area contributed by atoms with E-state index in [9.17, 15) is 4.79 Å². The van der Waals surface area contributed by atoms with Crippen LogP contribution < -0.4 is 14.8 Å². The van der Waals surface area contributed by atoms with E-state index in [0.29, 0.717) is 35.0 Å². The zero-order valence-electron chi connectivity index (χ0n) is 13.8. The average molecular weight is 339 g/mol. The third kappa shape index (κ3) is 3.74. The van der Waals surface area contributed by atoms with Crippen molar-refractivity contribution in [3.8, 4) is 17.2 Å². The van der Waals surface area contributed by atoms with Crippen molar-refractivity contribution in [3.05, 3.63) is 54.4 Å². The Bertz CT molecular complexity index is 864. The van der Waals surface area contributed by atoms with Crippen LogP contribution in [0.25, 0.3) is 5.69 Å². The Kier molecular flexibility index (Phi) is 4.89. The zero-order chi connectivity index (χ0) is 17.6. The van der Waals surface area contributed by atoms with Gasteiger partial charge in [0.2, 0.25) is 0 Å². The molecule has 8 heteroatoms. The fourth-order valence-corrected chi connectivity index (χ4v) is 2.28. The molecule has 3 aromatic rings. The van der Waals surface area contributed by atoms with Crippen molar-refractivity contribution in [2.75, 3.05) is 19.0 Å².